The van der Waals surface area contributed by atoms with Crippen LogP contribution < -0.4 is 15.8 Å². The molecule has 0 fully saturated rings. The first-order valence-electron chi connectivity index (χ1n) is 9.89. The molecule has 1 atom stereocenters. The summed E-state index contributed by atoms with van der Waals surface area (Å²) < 4.78 is 13.5. The Morgan fingerprint density at radius 2 is 2.18 bits per heavy atom. The highest BCUT2D eigenvalue weighted by atomic mass is 35.5. The number of nitrogens with two attached hydrogens (primary N) is 1. The lowest BCUT2D eigenvalue weighted by Crippen LogP contribution is -2.22. The summed E-state index contributed by atoms with van der Waals surface area (Å²) >= 11 is 6.25. The Kier molecular flexibility index (Phi) is 6.45. The molecule has 0 radical (unpaired) electrons. The number of hydrogen-bond acceptors (Lipinski definition) is 8. The Hall–Kier alpha value is -3.67. The zero-order valence-corrected chi connectivity index (χ0v) is 18.7. The second kappa shape index (κ2) is 9.45. The molecule has 1 amide bonds. The number of carbonyl (C=O) groups is 1. The molecule has 0 aliphatic carbocycles. The average Bonchev–Trinajstić information content (AvgIpc) is 3.33. The first kappa shape index (κ1) is 22.5. The Bertz CT molecular complexity index is 1300. The van der Waals surface area contributed by atoms with Gasteiger partial charge in [-0.2, -0.15) is 5.10 Å². The van der Waals surface area contributed by atoms with Crippen molar-refractivity contribution in [3.8, 4) is 17.0 Å². The highest BCUT2D eigenvalue weighted by molar-refractivity contribution is 6.31. The second-order valence-corrected chi connectivity index (χ2v) is 7.58. The Balaban J connectivity index is 1.78. The van der Waals surface area contributed by atoms with E-state index in [1.54, 1.807) is 41.3 Å². The van der Waals surface area contributed by atoms with Crippen molar-refractivity contribution in [2.24, 2.45) is 0 Å². The van der Waals surface area contributed by atoms with Crippen molar-refractivity contribution in [2.45, 2.75) is 12.6 Å². The molecule has 3 heterocycles. The predicted molar refractivity (Wildman–Crippen MR) is 122 cm³/mol. The monoisotopic (exact) mass is 471 g/mol. The van der Waals surface area contributed by atoms with E-state index in [0.29, 0.717) is 33.4 Å². The number of nitrogens with one attached hydrogen (secondary N) is 1. The van der Waals surface area contributed by atoms with Gasteiger partial charge in [-0.1, -0.05) is 11.6 Å². The predicted octanol–water partition coefficient (Wildman–Crippen LogP) is 2.10. The maximum Gasteiger partial charge on any atom is 0.263 e. The Morgan fingerprint density at radius 1 is 1.36 bits per heavy atom. The van der Waals surface area contributed by atoms with Crippen LogP contribution >= 0.6 is 11.6 Å². The Morgan fingerprint density at radius 3 is 2.94 bits per heavy atom. The number of nitrogen functional groups attached to an aromatic ring is 1. The molecule has 0 saturated carbocycles. The van der Waals surface area contributed by atoms with Crippen molar-refractivity contribution in [1.82, 2.24) is 24.4 Å². The number of benzene rings is 1. The van der Waals surface area contributed by atoms with Crippen molar-refractivity contribution in [3.05, 3.63) is 53.4 Å². The quantitative estimate of drug-likeness (QED) is 0.354. The van der Waals surface area contributed by atoms with E-state index in [1.165, 1.54) is 24.9 Å². The summed E-state index contributed by atoms with van der Waals surface area (Å²) in [6, 6.07) is 6.77. The molecule has 0 unspecified atom stereocenters. The molecular formula is C21H22ClN7O4. The van der Waals surface area contributed by atoms with Crippen LogP contribution in [-0.2, 0) is 11.3 Å². The van der Waals surface area contributed by atoms with Gasteiger partial charge in [0.2, 0.25) is 0 Å². The maximum atomic E-state index is 13.2. The third-order valence-corrected chi connectivity index (χ3v) is 5.13. The molecule has 33 heavy (non-hydrogen) atoms. The summed E-state index contributed by atoms with van der Waals surface area (Å²) in [5.74, 6) is 0.0338. The third kappa shape index (κ3) is 4.46. The smallest absolute Gasteiger partial charge is 0.263 e. The molecule has 3 aromatic heterocycles. The second-order valence-electron chi connectivity index (χ2n) is 7.14. The van der Waals surface area contributed by atoms with E-state index >= 15 is 0 Å². The van der Waals surface area contributed by atoms with Gasteiger partial charge in [0.1, 0.15) is 11.3 Å². The molecular weight excluding hydrogens is 450 g/mol. The number of fused-ring (bicyclic) bond motifs is 1. The summed E-state index contributed by atoms with van der Waals surface area (Å²) in [7, 11) is 3.02. The minimum atomic E-state index is -0.832. The minimum absolute atomic E-state index is 0.0380. The lowest BCUT2D eigenvalue weighted by atomic mass is 10.1. The molecule has 0 aliphatic rings. The van der Waals surface area contributed by atoms with Gasteiger partial charge in [-0.25, -0.2) is 9.50 Å². The largest absolute Gasteiger partial charge is 0.496 e. The van der Waals surface area contributed by atoms with Crippen LogP contribution in [0, 0.1) is 0 Å². The fourth-order valence-corrected chi connectivity index (χ4v) is 3.69. The number of nitrogens with zero attached hydrogens (tertiary/aromatic N) is 5. The third-order valence-electron chi connectivity index (χ3n) is 4.90. The fourth-order valence-electron chi connectivity index (χ4n) is 3.52. The minimum Gasteiger partial charge on any atom is -0.496 e. The van der Waals surface area contributed by atoms with E-state index in [9.17, 15) is 9.90 Å². The van der Waals surface area contributed by atoms with Gasteiger partial charge in [-0.05, 0) is 24.3 Å². The summed E-state index contributed by atoms with van der Waals surface area (Å²) in [6.07, 6.45) is 3.84. The summed E-state index contributed by atoms with van der Waals surface area (Å²) in [5.41, 5.74) is 7.86. The molecule has 4 rings (SSSR count). The summed E-state index contributed by atoms with van der Waals surface area (Å²) in [6.45, 7) is 0.216. The molecule has 0 spiro atoms. The van der Waals surface area contributed by atoms with Crippen molar-refractivity contribution in [3.63, 3.8) is 0 Å². The van der Waals surface area contributed by atoms with Crippen LogP contribution in [0.4, 0.5) is 11.5 Å². The topological polar surface area (TPSA) is 142 Å². The first-order chi connectivity index (χ1) is 15.9. The van der Waals surface area contributed by atoms with Gasteiger partial charge in [0, 0.05) is 30.1 Å². The van der Waals surface area contributed by atoms with E-state index in [4.69, 9.17) is 26.8 Å². The number of ether oxygens (including phenoxy) is 2. The summed E-state index contributed by atoms with van der Waals surface area (Å²) in [5, 5.41) is 22.1. The lowest BCUT2D eigenvalue weighted by molar-refractivity contribution is 0.0517. The van der Waals surface area contributed by atoms with E-state index in [1.807, 2.05) is 0 Å². The maximum absolute atomic E-state index is 13.2. The fraction of sp³-hybridized carbons (Fsp3) is 0.238. The standard InChI is InChI=1S/C21H22ClN7O4/c1-32-11-13(30)10-29-18(14-8-12(22)4-5-16(14)33-2)15(9-25-29)26-21(31)17-19(23)27-28-7-3-6-24-20(17)28/h3-9,13,30H,10-11H2,1-2H3,(H2,23,27)(H,26,31)/t13-/m1/s1. The SMILES string of the molecule is COC[C@H](O)Cn1ncc(NC(=O)c2c(N)nn3cccnc23)c1-c1cc(Cl)ccc1OC. The number of amides is 1. The normalized spacial score (nSPS) is 12.1. The number of carbonyl (C=O) groups excluding carboxylic acids is 1. The highest BCUT2D eigenvalue weighted by Gasteiger charge is 2.24. The highest BCUT2D eigenvalue weighted by Crippen LogP contribution is 2.37. The molecule has 12 heteroatoms. The van der Waals surface area contributed by atoms with E-state index < -0.39 is 12.0 Å². The van der Waals surface area contributed by atoms with Crippen molar-refractivity contribution in [2.75, 3.05) is 31.9 Å². The van der Waals surface area contributed by atoms with Crippen LogP contribution in [0.3, 0.4) is 0 Å². The van der Waals surface area contributed by atoms with Crippen molar-refractivity contribution in [1.29, 1.82) is 0 Å². The molecule has 11 nitrogen and oxygen atoms in total. The number of anilines is 2. The number of hydrogen-bond donors (Lipinski definition) is 3. The number of methoxy groups -OCH3 is 2. The number of rotatable bonds is 8. The van der Waals surface area contributed by atoms with Gasteiger partial charge in [0.05, 0.1) is 43.9 Å². The number of aliphatic hydroxyl groups excluding tert-OH is 1. The summed E-state index contributed by atoms with van der Waals surface area (Å²) in [4.78, 5) is 17.4. The van der Waals surface area contributed by atoms with Crippen LogP contribution in [-0.4, -0.2) is 62.3 Å². The van der Waals surface area contributed by atoms with E-state index in [0.717, 1.165) is 0 Å². The van der Waals surface area contributed by atoms with Gasteiger partial charge >= 0.3 is 0 Å². The van der Waals surface area contributed by atoms with E-state index in [-0.39, 0.29) is 24.5 Å². The van der Waals surface area contributed by atoms with Crippen LogP contribution in [0.2, 0.25) is 5.02 Å². The van der Waals surface area contributed by atoms with Crippen LogP contribution in [0.5, 0.6) is 5.75 Å². The molecule has 172 valence electrons. The zero-order chi connectivity index (χ0) is 23.5. The first-order valence-corrected chi connectivity index (χ1v) is 10.3. The van der Waals surface area contributed by atoms with Crippen molar-refractivity contribution >= 4 is 34.7 Å². The molecule has 0 saturated heterocycles. The van der Waals surface area contributed by atoms with Gasteiger partial charge in [0.15, 0.2) is 11.5 Å². The molecule has 1 aromatic carbocycles. The molecule has 0 bridgehead atoms. The van der Waals surface area contributed by atoms with Gasteiger partial charge in [-0.3, -0.25) is 9.48 Å². The molecule has 4 aromatic rings. The van der Waals surface area contributed by atoms with Crippen LogP contribution in [0.1, 0.15) is 10.4 Å². The van der Waals surface area contributed by atoms with Crippen molar-refractivity contribution < 1.29 is 19.4 Å². The lowest BCUT2D eigenvalue weighted by Gasteiger charge is -2.16. The molecule has 4 N–H and O–H groups in total. The van der Waals surface area contributed by atoms with Crippen LogP contribution in [0.25, 0.3) is 16.9 Å². The van der Waals surface area contributed by atoms with Gasteiger partial charge in [-0.15, -0.1) is 5.10 Å². The van der Waals surface area contributed by atoms with Gasteiger partial charge < -0.3 is 25.6 Å². The van der Waals surface area contributed by atoms with Gasteiger partial charge in [0.25, 0.3) is 5.91 Å². The van der Waals surface area contributed by atoms with Crippen LogP contribution in [0.15, 0.2) is 42.9 Å². The number of halogens is 1. The Labute approximate surface area is 193 Å². The van der Waals surface area contributed by atoms with E-state index in [2.05, 4.69) is 20.5 Å². The average molecular weight is 472 g/mol. The zero-order valence-electron chi connectivity index (χ0n) is 17.9. The number of aromatic nitrogens is 5. The molecule has 0 aliphatic heterocycles. The number of aliphatic hydroxyl groups is 1.